The molecule has 1 heterocycles. The van der Waals surface area contributed by atoms with Gasteiger partial charge in [0.15, 0.2) is 0 Å². The number of nitrogens with zero attached hydrogens (tertiary/aromatic N) is 2. The summed E-state index contributed by atoms with van der Waals surface area (Å²) >= 11 is 0. The highest BCUT2D eigenvalue weighted by molar-refractivity contribution is 6.22. The fourth-order valence-corrected chi connectivity index (χ4v) is 9.17. The number of fused-ring (bicyclic) bond motifs is 8. The summed E-state index contributed by atoms with van der Waals surface area (Å²) in [6.07, 6.45) is 5.49. The number of hydrogen-bond acceptors (Lipinski definition) is 2. The van der Waals surface area contributed by atoms with Crippen LogP contribution in [0, 0.1) is 0 Å². The molecule has 0 N–H and O–H groups in total. The Hall–Kier alpha value is -5.86. The first-order chi connectivity index (χ1) is 24.3. The quantitative estimate of drug-likeness (QED) is 0.180. The zero-order valence-electron chi connectivity index (χ0n) is 28.8. The van der Waals surface area contributed by atoms with Crippen molar-refractivity contribution in [2.75, 3.05) is 0 Å². The second-order valence-electron chi connectivity index (χ2n) is 15.0. The van der Waals surface area contributed by atoms with Crippen LogP contribution < -0.4 is 0 Å². The van der Waals surface area contributed by atoms with Crippen LogP contribution in [0.3, 0.4) is 0 Å². The lowest BCUT2D eigenvalue weighted by Crippen LogP contribution is -2.14. The van der Waals surface area contributed by atoms with Crippen LogP contribution in [0.15, 0.2) is 146 Å². The summed E-state index contributed by atoms with van der Waals surface area (Å²) < 4.78 is 0. The van der Waals surface area contributed by atoms with Gasteiger partial charge >= 0.3 is 0 Å². The molecule has 0 fully saturated rings. The number of benzene rings is 7. The van der Waals surface area contributed by atoms with Crippen molar-refractivity contribution in [2.24, 2.45) is 0 Å². The second-order valence-corrected chi connectivity index (χ2v) is 15.0. The Morgan fingerprint density at radius 2 is 0.860 bits per heavy atom. The Balaban J connectivity index is 1.26. The van der Waals surface area contributed by atoms with E-state index in [0.717, 1.165) is 5.56 Å². The summed E-state index contributed by atoms with van der Waals surface area (Å²) in [6, 6.07) is 47.9. The summed E-state index contributed by atoms with van der Waals surface area (Å²) in [5.74, 6) is 0. The van der Waals surface area contributed by atoms with Gasteiger partial charge in [-0.3, -0.25) is 0 Å². The summed E-state index contributed by atoms with van der Waals surface area (Å²) in [6.45, 7) is 9.41. The van der Waals surface area contributed by atoms with Crippen molar-refractivity contribution in [1.82, 2.24) is 9.97 Å². The van der Waals surface area contributed by atoms with Gasteiger partial charge < -0.3 is 0 Å². The van der Waals surface area contributed by atoms with Crippen molar-refractivity contribution >= 4 is 21.5 Å². The molecule has 0 aliphatic heterocycles. The van der Waals surface area contributed by atoms with Gasteiger partial charge in [0, 0.05) is 34.4 Å². The normalized spacial score (nSPS) is 14.7. The maximum absolute atomic E-state index is 4.45. The molecule has 1 aromatic heterocycles. The standard InChI is InChI=1S/C48H36N2/c1-47(2)42-16-10-8-12-34(42)39-24-31(19-22-43(39)47)45-36-13-5-6-14-37(36)46(32-26-49-28-50-27-32)38-21-18-29(23-40(38)45)30-17-20-35-33-11-7-9-15-41(33)48(3,4)44(35)25-30/h5-28H,1-4H3. The van der Waals surface area contributed by atoms with Crippen molar-refractivity contribution in [3.8, 4) is 55.6 Å². The topological polar surface area (TPSA) is 25.8 Å². The van der Waals surface area contributed by atoms with E-state index in [1.54, 1.807) is 6.33 Å². The lowest BCUT2D eigenvalue weighted by molar-refractivity contribution is 0.660. The van der Waals surface area contributed by atoms with Crippen molar-refractivity contribution in [3.05, 3.63) is 168 Å². The Labute approximate surface area is 293 Å². The minimum Gasteiger partial charge on any atom is -0.244 e. The largest absolute Gasteiger partial charge is 0.244 e. The van der Waals surface area contributed by atoms with Gasteiger partial charge in [-0.05, 0) is 107 Å². The molecule has 0 saturated carbocycles. The van der Waals surface area contributed by atoms with E-state index in [1.807, 2.05) is 12.4 Å². The SMILES string of the molecule is CC1(C)c2ccccc2-c2cc(-c3c4ccccc4c(-c4cncnc4)c4ccc(-c5ccc6c(c5)C(C)(C)c5ccccc5-6)cc34)ccc21. The highest BCUT2D eigenvalue weighted by atomic mass is 14.8. The first kappa shape index (κ1) is 29.1. The fraction of sp³-hybridized carbons (Fsp3) is 0.125. The van der Waals surface area contributed by atoms with Crippen molar-refractivity contribution in [1.29, 1.82) is 0 Å². The number of rotatable bonds is 3. The Morgan fingerprint density at radius 1 is 0.360 bits per heavy atom. The molecular formula is C48H36N2. The van der Waals surface area contributed by atoms with E-state index >= 15 is 0 Å². The van der Waals surface area contributed by atoms with Crippen molar-refractivity contribution in [3.63, 3.8) is 0 Å². The molecule has 8 aromatic rings. The number of hydrogen-bond donors (Lipinski definition) is 0. The van der Waals surface area contributed by atoms with Crippen molar-refractivity contribution in [2.45, 2.75) is 38.5 Å². The van der Waals surface area contributed by atoms with E-state index in [9.17, 15) is 0 Å². The molecule has 0 spiro atoms. The van der Waals surface area contributed by atoms with E-state index in [-0.39, 0.29) is 10.8 Å². The third-order valence-electron chi connectivity index (χ3n) is 11.7. The Kier molecular flexibility index (Phi) is 6.01. The van der Waals surface area contributed by atoms with Crippen LogP contribution in [-0.4, -0.2) is 9.97 Å². The maximum Gasteiger partial charge on any atom is 0.115 e. The lowest BCUT2D eigenvalue weighted by atomic mass is 9.81. The molecule has 0 unspecified atom stereocenters. The van der Waals surface area contributed by atoms with Gasteiger partial charge in [-0.25, -0.2) is 9.97 Å². The summed E-state index contributed by atoms with van der Waals surface area (Å²) in [4.78, 5) is 8.89. The molecule has 0 bridgehead atoms. The van der Waals surface area contributed by atoms with Crippen LogP contribution in [-0.2, 0) is 10.8 Å². The molecule has 10 rings (SSSR count). The first-order valence-electron chi connectivity index (χ1n) is 17.6. The van der Waals surface area contributed by atoms with Gasteiger partial charge in [0.1, 0.15) is 6.33 Å². The fourth-order valence-electron chi connectivity index (χ4n) is 9.17. The molecule has 0 radical (unpaired) electrons. The first-order valence-corrected chi connectivity index (χ1v) is 17.6. The molecule has 238 valence electrons. The predicted octanol–water partition coefficient (Wildman–Crippen LogP) is 12.4. The molecule has 0 atom stereocenters. The molecule has 50 heavy (non-hydrogen) atoms. The average Bonchev–Trinajstić information content (AvgIpc) is 3.53. The zero-order chi connectivity index (χ0) is 33.8. The molecule has 2 aliphatic carbocycles. The Bertz CT molecular complexity index is 2700. The molecule has 7 aromatic carbocycles. The van der Waals surface area contributed by atoms with E-state index in [1.165, 1.54) is 93.9 Å². The molecule has 0 saturated heterocycles. The van der Waals surface area contributed by atoms with Crippen LogP contribution in [0.1, 0.15) is 49.9 Å². The molecule has 2 heteroatoms. The zero-order valence-corrected chi connectivity index (χ0v) is 28.8. The molecule has 0 amide bonds. The van der Waals surface area contributed by atoms with Gasteiger partial charge in [0.05, 0.1) is 0 Å². The monoisotopic (exact) mass is 640 g/mol. The van der Waals surface area contributed by atoms with Gasteiger partial charge in [-0.1, -0.05) is 137 Å². The van der Waals surface area contributed by atoms with Crippen LogP contribution in [0.2, 0.25) is 0 Å². The number of aromatic nitrogens is 2. The van der Waals surface area contributed by atoms with Gasteiger partial charge in [0.25, 0.3) is 0 Å². The van der Waals surface area contributed by atoms with Crippen molar-refractivity contribution < 1.29 is 0 Å². The van der Waals surface area contributed by atoms with E-state index < -0.39 is 0 Å². The third-order valence-corrected chi connectivity index (χ3v) is 11.7. The van der Waals surface area contributed by atoms with Gasteiger partial charge in [0.2, 0.25) is 0 Å². The third kappa shape index (κ3) is 3.96. The lowest BCUT2D eigenvalue weighted by Gasteiger charge is -2.22. The summed E-state index contributed by atoms with van der Waals surface area (Å²) in [7, 11) is 0. The molecule has 2 aliphatic rings. The molecular weight excluding hydrogens is 605 g/mol. The van der Waals surface area contributed by atoms with Gasteiger partial charge in [-0.15, -0.1) is 0 Å². The summed E-state index contributed by atoms with van der Waals surface area (Å²) in [5.41, 5.74) is 18.0. The van der Waals surface area contributed by atoms with Crippen LogP contribution in [0.4, 0.5) is 0 Å². The smallest absolute Gasteiger partial charge is 0.115 e. The summed E-state index contributed by atoms with van der Waals surface area (Å²) in [5, 5.41) is 4.86. The highest BCUT2D eigenvalue weighted by Crippen LogP contribution is 2.52. The van der Waals surface area contributed by atoms with Crippen LogP contribution in [0.25, 0.3) is 77.2 Å². The Morgan fingerprint density at radius 3 is 1.58 bits per heavy atom. The molecule has 2 nitrogen and oxygen atoms in total. The predicted molar refractivity (Wildman–Crippen MR) is 208 cm³/mol. The highest BCUT2D eigenvalue weighted by Gasteiger charge is 2.36. The van der Waals surface area contributed by atoms with Crippen LogP contribution in [0.5, 0.6) is 0 Å². The minimum atomic E-state index is -0.0604. The second kappa shape index (κ2) is 10.3. The minimum absolute atomic E-state index is 0.0417. The van der Waals surface area contributed by atoms with Crippen LogP contribution >= 0.6 is 0 Å². The van der Waals surface area contributed by atoms with E-state index in [2.05, 4.69) is 165 Å². The van der Waals surface area contributed by atoms with Gasteiger partial charge in [-0.2, -0.15) is 0 Å². The van der Waals surface area contributed by atoms with E-state index in [4.69, 9.17) is 0 Å². The van der Waals surface area contributed by atoms with E-state index in [0.29, 0.717) is 0 Å². The average molecular weight is 641 g/mol. The maximum atomic E-state index is 4.45.